The van der Waals surface area contributed by atoms with Crippen molar-refractivity contribution in [2.75, 3.05) is 31.6 Å². The molecule has 0 saturated carbocycles. The van der Waals surface area contributed by atoms with E-state index in [0.717, 1.165) is 22.0 Å². The van der Waals surface area contributed by atoms with Crippen molar-refractivity contribution in [3.63, 3.8) is 0 Å². The van der Waals surface area contributed by atoms with E-state index in [9.17, 15) is 22.4 Å². The van der Waals surface area contributed by atoms with Gasteiger partial charge in [-0.2, -0.15) is 0 Å². The molecule has 0 fully saturated rings. The van der Waals surface area contributed by atoms with Crippen LogP contribution in [0.25, 0.3) is 0 Å². The quantitative estimate of drug-likeness (QED) is 0.333. The van der Waals surface area contributed by atoms with E-state index in [0.29, 0.717) is 24.5 Å². The number of nitrogens with one attached hydrogen (secondary N) is 1. The number of ether oxygens (including phenoxy) is 2. The molecule has 1 atom stereocenters. The maximum Gasteiger partial charge on any atom is 0.264 e. The Labute approximate surface area is 234 Å². The monoisotopic (exact) mass is 571 g/mol. The Balaban J connectivity index is 2.04. The van der Waals surface area contributed by atoms with Crippen LogP contribution in [0.4, 0.5) is 10.1 Å². The molecule has 2 amide bonds. The van der Waals surface area contributed by atoms with Gasteiger partial charge in [-0.25, -0.2) is 12.8 Å². The van der Waals surface area contributed by atoms with E-state index < -0.39 is 34.3 Å². The maximum absolute atomic E-state index is 13.9. The number of anilines is 1. The van der Waals surface area contributed by atoms with Crippen LogP contribution < -0.4 is 19.1 Å². The van der Waals surface area contributed by atoms with Crippen LogP contribution in [0.2, 0.25) is 0 Å². The zero-order chi connectivity index (χ0) is 29.3. The molecule has 1 N–H and O–H groups in total. The van der Waals surface area contributed by atoms with Crippen LogP contribution >= 0.6 is 0 Å². The van der Waals surface area contributed by atoms with Gasteiger partial charge in [-0.05, 0) is 79.6 Å². The number of amides is 2. The molecular formula is C29H34FN3O6S. The Morgan fingerprint density at radius 1 is 0.875 bits per heavy atom. The fourth-order valence-corrected chi connectivity index (χ4v) is 5.56. The molecule has 0 aliphatic heterocycles. The highest BCUT2D eigenvalue weighted by Gasteiger charge is 2.33. The Kier molecular flexibility index (Phi) is 10.5. The van der Waals surface area contributed by atoms with E-state index in [4.69, 9.17) is 9.47 Å². The number of rotatable bonds is 13. The summed E-state index contributed by atoms with van der Waals surface area (Å²) in [6.45, 7) is 3.36. The average molecular weight is 572 g/mol. The summed E-state index contributed by atoms with van der Waals surface area (Å²) in [5, 5.41) is 2.76. The molecule has 0 aliphatic carbocycles. The highest BCUT2D eigenvalue weighted by Crippen LogP contribution is 2.26. The van der Waals surface area contributed by atoms with Crippen LogP contribution in [-0.2, 0) is 26.2 Å². The zero-order valence-electron chi connectivity index (χ0n) is 23.0. The van der Waals surface area contributed by atoms with Crippen LogP contribution in [0.3, 0.4) is 0 Å². The fourth-order valence-electron chi connectivity index (χ4n) is 4.15. The summed E-state index contributed by atoms with van der Waals surface area (Å²) >= 11 is 0. The Morgan fingerprint density at radius 3 is 1.93 bits per heavy atom. The summed E-state index contributed by atoms with van der Waals surface area (Å²) in [6, 6.07) is 16.7. The third-order valence-corrected chi connectivity index (χ3v) is 8.08. The summed E-state index contributed by atoms with van der Waals surface area (Å²) in [5.74, 6) is -0.416. The minimum Gasteiger partial charge on any atom is -0.497 e. The van der Waals surface area contributed by atoms with Gasteiger partial charge in [0.05, 0.1) is 24.8 Å². The van der Waals surface area contributed by atoms with Gasteiger partial charge in [-0.15, -0.1) is 0 Å². The van der Waals surface area contributed by atoms with Gasteiger partial charge in [0.2, 0.25) is 11.8 Å². The van der Waals surface area contributed by atoms with Crippen molar-refractivity contribution in [1.82, 2.24) is 10.2 Å². The molecule has 0 heterocycles. The van der Waals surface area contributed by atoms with Crippen molar-refractivity contribution in [1.29, 1.82) is 0 Å². The molecule has 214 valence electrons. The van der Waals surface area contributed by atoms with Gasteiger partial charge in [0, 0.05) is 13.1 Å². The third kappa shape index (κ3) is 7.29. The standard InChI is InChI=1S/C29H34FN3O6S/c1-5-27(29(35)31-6-2)32(19-21-7-13-24(38-3)14-8-21)28(34)20-33(23-11-9-22(30)10-12-23)40(36,37)26-17-15-25(39-4)16-18-26/h7-18,27H,5-6,19-20H2,1-4H3,(H,31,35)/t27-/m1/s1. The Morgan fingerprint density at radius 2 is 1.43 bits per heavy atom. The lowest BCUT2D eigenvalue weighted by molar-refractivity contribution is -0.140. The summed E-state index contributed by atoms with van der Waals surface area (Å²) in [4.78, 5) is 28.2. The number of likely N-dealkylation sites (N-methyl/N-ethyl adjacent to an activating group) is 1. The van der Waals surface area contributed by atoms with E-state index >= 15 is 0 Å². The molecule has 0 spiro atoms. The SMILES string of the molecule is CCNC(=O)[C@@H](CC)N(Cc1ccc(OC)cc1)C(=O)CN(c1ccc(F)cc1)S(=O)(=O)c1ccc(OC)cc1. The highest BCUT2D eigenvalue weighted by molar-refractivity contribution is 7.92. The van der Waals surface area contributed by atoms with Gasteiger partial charge >= 0.3 is 0 Å². The summed E-state index contributed by atoms with van der Waals surface area (Å²) < 4.78 is 52.6. The van der Waals surface area contributed by atoms with Crippen LogP contribution in [0, 0.1) is 5.82 Å². The van der Waals surface area contributed by atoms with Gasteiger partial charge < -0.3 is 19.7 Å². The number of hydrogen-bond donors (Lipinski definition) is 1. The number of halogens is 1. The number of hydrogen-bond acceptors (Lipinski definition) is 6. The van der Waals surface area contributed by atoms with Crippen molar-refractivity contribution >= 4 is 27.5 Å². The van der Waals surface area contributed by atoms with E-state index in [1.165, 1.54) is 48.4 Å². The second-order valence-electron chi connectivity index (χ2n) is 8.85. The minimum absolute atomic E-state index is 0.0539. The predicted molar refractivity (Wildman–Crippen MR) is 150 cm³/mol. The predicted octanol–water partition coefficient (Wildman–Crippen LogP) is 3.98. The molecule has 0 unspecified atom stereocenters. The van der Waals surface area contributed by atoms with Gasteiger partial charge in [0.25, 0.3) is 10.0 Å². The Hall–Kier alpha value is -4.12. The number of carbonyl (C=O) groups is 2. The zero-order valence-corrected chi connectivity index (χ0v) is 23.8. The summed E-state index contributed by atoms with van der Waals surface area (Å²) in [5.41, 5.74) is 0.823. The number of nitrogens with zero attached hydrogens (tertiary/aromatic N) is 2. The van der Waals surface area contributed by atoms with Gasteiger partial charge in [0.15, 0.2) is 0 Å². The number of carbonyl (C=O) groups excluding carboxylic acids is 2. The average Bonchev–Trinajstić information content (AvgIpc) is 2.96. The van der Waals surface area contributed by atoms with Crippen LogP contribution in [-0.4, -0.2) is 58.5 Å². The molecule has 11 heteroatoms. The third-order valence-electron chi connectivity index (χ3n) is 6.29. The maximum atomic E-state index is 13.9. The van der Waals surface area contributed by atoms with Crippen LogP contribution in [0.5, 0.6) is 11.5 Å². The number of methoxy groups -OCH3 is 2. The lowest BCUT2D eigenvalue weighted by Gasteiger charge is -2.33. The summed E-state index contributed by atoms with van der Waals surface area (Å²) in [7, 11) is -1.27. The van der Waals surface area contributed by atoms with Crippen molar-refractivity contribution in [2.24, 2.45) is 0 Å². The normalized spacial score (nSPS) is 11.8. The van der Waals surface area contributed by atoms with Gasteiger partial charge in [-0.3, -0.25) is 13.9 Å². The molecule has 0 bridgehead atoms. The fraction of sp³-hybridized carbons (Fsp3) is 0.310. The topological polar surface area (TPSA) is 105 Å². The van der Waals surface area contributed by atoms with E-state index in [1.807, 2.05) is 0 Å². The first-order valence-electron chi connectivity index (χ1n) is 12.8. The largest absolute Gasteiger partial charge is 0.497 e. The molecule has 3 rings (SSSR count). The highest BCUT2D eigenvalue weighted by atomic mass is 32.2. The molecule has 9 nitrogen and oxygen atoms in total. The minimum atomic E-state index is -4.27. The molecule has 3 aromatic rings. The van der Waals surface area contributed by atoms with Crippen molar-refractivity contribution < 1.29 is 31.9 Å². The first-order chi connectivity index (χ1) is 19.1. The lowest BCUT2D eigenvalue weighted by atomic mass is 10.1. The number of benzene rings is 3. The second kappa shape index (κ2) is 13.8. The molecule has 0 aromatic heterocycles. The Bertz CT molecular complexity index is 1380. The molecule has 0 aliphatic rings. The lowest BCUT2D eigenvalue weighted by Crippen LogP contribution is -2.52. The number of sulfonamides is 1. The van der Waals surface area contributed by atoms with Crippen molar-refractivity contribution in [3.05, 3.63) is 84.2 Å². The molecular weight excluding hydrogens is 537 g/mol. The van der Waals surface area contributed by atoms with Crippen LogP contribution in [0.15, 0.2) is 77.7 Å². The van der Waals surface area contributed by atoms with E-state index in [2.05, 4.69) is 5.32 Å². The van der Waals surface area contributed by atoms with Gasteiger partial charge in [0.1, 0.15) is 29.9 Å². The first-order valence-corrected chi connectivity index (χ1v) is 14.2. The van der Waals surface area contributed by atoms with E-state index in [1.54, 1.807) is 45.2 Å². The first kappa shape index (κ1) is 30.4. The second-order valence-corrected chi connectivity index (χ2v) is 10.7. The van der Waals surface area contributed by atoms with Crippen molar-refractivity contribution in [3.8, 4) is 11.5 Å². The molecule has 40 heavy (non-hydrogen) atoms. The van der Waals surface area contributed by atoms with Gasteiger partial charge in [-0.1, -0.05) is 19.1 Å². The molecule has 0 radical (unpaired) electrons. The van der Waals surface area contributed by atoms with E-state index in [-0.39, 0.29) is 23.0 Å². The summed E-state index contributed by atoms with van der Waals surface area (Å²) in [6.07, 6.45) is 0.301. The van der Waals surface area contributed by atoms with Crippen LogP contribution in [0.1, 0.15) is 25.8 Å². The molecule has 0 saturated heterocycles. The molecule has 3 aromatic carbocycles. The smallest absolute Gasteiger partial charge is 0.264 e. The van der Waals surface area contributed by atoms with Crippen molar-refractivity contribution in [2.45, 2.75) is 37.8 Å².